The molecule has 1 aliphatic carbocycles. The van der Waals surface area contributed by atoms with Gasteiger partial charge >= 0.3 is 0 Å². The number of rotatable bonds is 5. The van der Waals surface area contributed by atoms with Crippen LogP contribution in [0.4, 0.5) is 17.1 Å². The van der Waals surface area contributed by atoms with E-state index in [0.29, 0.717) is 0 Å². The summed E-state index contributed by atoms with van der Waals surface area (Å²) in [6, 6.07) is 72.5. The quantitative estimate of drug-likeness (QED) is 0.175. The van der Waals surface area contributed by atoms with E-state index in [-0.39, 0.29) is 0 Å². The van der Waals surface area contributed by atoms with Crippen LogP contribution in [-0.4, -0.2) is 0 Å². The van der Waals surface area contributed by atoms with Gasteiger partial charge in [-0.3, -0.25) is 0 Å². The normalized spacial score (nSPS) is 13.2. The van der Waals surface area contributed by atoms with E-state index >= 15 is 0 Å². The molecule has 59 heavy (non-hydrogen) atoms. The van der Waals surface area contributed by atoms with Crippen molar-refractivity contribution in [3.05, 3.63) is 222 Å². The van der Waals surface area contributed by atoms with E-state index in [0.717, 1.165) is 60.9 Å². The fourth-order valence-electron chi connectivity index (χ4n) is 10.1. The van der Waals surface area contributed by atoms with E-state index in [1.54, 1.807) is 0 Å². The predicted molar refractivity (Wildman–Crippen MR) is 246 cm³/mol. The zero-order chi connectivity index (χ0) is 38.7. The van der Waals surface area contributed by atoms with Crippen molar-refractivity contribution in [2.75, 3.05) is 4.90 Å². The first kappa shape index (κ1) is 32.7. The van der Waals surface area contributed by atoms with Crippen LogP contribution < -0.4 is 4.90 Å². The number of fused-ring (bicyclic) bond motifs is 13. The van der Waals surface area contributed by atoms with Crippen LogP contribution in [0.1, 0.15) is 22.3 Å². The van der Waals surface area contributed by atoms with Crippen molar-refractivity contribution in [2.24, 2.45) is 0 Å². The Bertz CT molecular complexity index is 3590. The first-order chi connectivity index (χ1) is 29.3. The van der Waals surface area contributed by atoms with Gasteiger partial charge in [0.15, 0.2) is 5.58 Å². The third-order valence-corrected chi connectivity index (χ3v) is 13.7. The number of thiophene rings is 1. The first-order valence-corrected chi connectivity index (χ1v) is 20.9. The molecule has 276 valence electrons. The number of nitrogens with zero attached hydrogens (tertiary/aromatic N) is 1. The number of hydrogen-bond acceptors (Lipinski definition) is 4. The van der Waals surface area contributed by atoms with Gasteiger partial charge in [-0.25, -0.2) is 0 Å². The molecular formula is C55H33NO2S. The second-order valence-corrected chi connectivity index (χ2v) is 16.6. The van der Waals surface area contributed by atoms with Gasteiger partial charge in [-0.05, 0) is 88.0 Å². The minimum absolute atomic E-state index is 0.546. The number of furan rings is 2. The second kappa shape index (κ2) is 12.3. The molecule has 0 radical (unpaired) electrons. The van der Waals surface area contributed by atoms with Gasteiger partial charge in [0.1, 0.15) is 16.7 Å². The van der Waals surface area contributed by atoms with E-state index in [1.807, 2.05) is 23.5 Å². The Labute approximate surface area is 343 Å². The topological polar surface area (TPSA) is 29.5 Å². The van der Waals surface area contributed by atoms with Gasteiger partial charge in [0.2, 0.25) is 0 Å². The second-order valence-electron chi connectivity index (χ2n) is 15.5. The molecule has 1 aliphatic rings. The molecule has 0 unspecified atom stereocenters. The lowest BCUT2D eigenvalue weighted by atomic mass is 9.67. The molecule has 0 saturated carbocycles. The third-order valence-electron chi connectivity index (χ3n) is 12.5. The summed E-state index contributed by atoms with van der Waals surface area (Å²) in [7, 11) is 0. The molecule has 0 saturated heterocycles. The highest BCUT2D eigenvalue weighted by Crippen LogP contribution is 2.57. The predicted octanol–water partition coefficient (Wildman–Crippen LogP) is 15.7. The molecule has 13 rings (SSSR count). The molecule has 0 atom stereocenters. The Morgan fingerprint density at radius 3 is 1.86 bits per heavy atom. The Morgan fingerprint density at radius 1 is 0.390 bits per heavy atom. The number of anilines is 3. The van der Waals surface area contributed by atoms with Gasteiger partial charge in [-0.2, -0.15) is 0 Å². The number of benzene rings is 9. The van der Waals surface area contributed by atoms with Crippen LogP contribution in [0.5, 0.6) is 0 Å². The van der Waals surface area contributed by atoms with Crippen LogP contribution in [0.2, 0.25) is 0 Å². The third kappa shape index (κ3) is 4.52. The van der Waals surface area contributed by atoms with Crippen LogP contribution in [-0.2, 0) is 5.41 Å². The highest BCUT2D eigenvalue weighted by molar-refractivity contribution is 7.26. The summed E-state index contributed by atoms with van der Waals surface area (Å²) < 4.78 is 16.2. The van der Waals surface area contributed by atoms with Crippen molar-refractivity contribution in [3.8, 4) is 11.1 Å². The van der Waals surface area contributed by atoms with Crippen molar-refractivity contribution < 1.29 is 8.83 Å². The molecule has 9 aromatic carbocycles. The van der Waals surface area contributed by atoms with Gasteiger partial charge in [-0.1, -0.05) is 140 Å². The van der Waals surface area contributed by atoms with Crippen molar-refractivity contribution in [3.63, 3.8) is 0 Å². The molecule has 0 aliphatic heterocycles. The molecule has 0 N–H and O–H groups in total. The highest BCUT2D eigenvalue weighted by atomic mass is 32.1. The Hall–Kier alpha value is -7.40. The van der Waals surface area contributed by atoms with Gasteiger partial charge in [-0.15, -0.1) is 11.3 Å². The smallest absolute Gasteiger partial charge is 0.159 e. The van der Waals surface area contributed by atoms with Crippen LogP contribution in [0.3, 0.4) is 0 Å². The fourth-order valence-corrected chi connectivity index (χ4v) is 11.2. The summed E-state index contributed by atoms with van der Waals surface area (Å²) in [4.78, 5) is 2.37. The lowest BCUT2D eigenvalue weighted by molar-refractivity contribution is 0.668. The molecule has 0 spiro atoms. The lowest BCUT2D eigenvalue weighted by Crippen LogP contribution is -2.28. The van der Waals surface area contributed by atoms with E-state index in [9.17, 15) is 0 Å². The molecule has 3 aromatic heterocycles. The molecular weight excluding hydrogens is 739 g/mol. The maximum absolute atomic E-state index is 7.19. The minimum atomic E-state index is -0.546. The molecule has 3 nitrogen and oxygen atoms in total. The molecule has 3 heterocycles. The van der Waals surface area contributed by atoms with E-state index in [1.165, 1.54) is 53.6 Å². The summed E-state index contributed by atoms with van der Waals surface area (Å²) in [6.45, 7) is 0. The van der Waals surface area contributed by atoms with Gasteiger partial charge in [0, 0.05) is 53.5 Å². The zero-order valence-corrected chi connectivity index (χ0v) is 32.5. The van der Waals surface area contributed by atoms with Gasteiger partial charge < -0.3 is 13.7 Å². The van der Waals surface area contributed by atoms with Crippen LogP contribution in [0, 0.1) is 0 Å². The monoisotopic (exact) mass is 771 g/mol. The minimum Gasteiger partial charge on any atom is -0.456 e. The first-order valence-electron chi connectivity index (χ1n) is 20.1. The number of hydrogen-bond donors (Lipinski definition) is 0. The van der Waals surface area contributed by atoms with Gasteiger partial charge in [0.05, 0.1) is 16.8 Å². The molecule has 0 bridgehead atoms. The maximum Gasteiger partial charge on any atom is 0.159 e. The summed E-state index contributed by atoms with van der Waals surface area (Å²) in [5.41, 5.74) is 13.4. The summed E-state index contributed by atoms with van der Waals surface area (Å²) in [5.74, 6) is 0. The van der Waals surface area contributed by atoms with Crippen molar-refractivity contribution in [1.82, 2.24) is 0 Å². The summed E-state index contributed by atoms with van der Waals surface area (Å²) >= 11 is 1.81. The average Bonchev–Trinajstić information content (AvgIpc) is 4.05. The van der Waals surface area contributed by atoms with Crippen LogP contribution >= 0.6 is 11.3 Å². The fraction of sp³-hybridized carbons (Fsp3) is 0.0182. The van der Waals surface area contributed by atoms with Crippen molar-refractivity contribution >= 4 is 92.4 Å². The van der Waals surface area contributed by atoms with Crippen molar-refractivity contribution in [1.29, 1.82) is 0 Å². The molecule has 0 fully saturated rings. The molecule has 4 heteroatoms. The molecule has 0 amide bonds. The lowest BCUT2D eigenvalue weighted by Gasteiger charge is -2.34. The Kier molecular flexibility index (Phi) is 6.81. The Morgan fingerprint density at radius 2 is 1.02 bits per heavy atom. The molecule has 12 aromatic rings. The SMILES string of the molecule is c1ccc(C2(c3ccccc3)c3ccccc3-c3ccc(N(c4ccc5c(c4)oc4ccccc45)c4cccc5c4oc4c5ccc5sc6ccccc6c54)cc32)cc1. The van der Waals surface area contributed by atoms with E-state index in [2.05, 4.69) is 193 Å². The van der Waals surface area contributed by atoms with Crippen molar-refractivity contribution in [2.45, 2.75) is 5.41 Å². The average molecular weight is 772 g/mol. The largest absolute Gasteiger partial charge is 0.456 e. The Balaban J connectivity index is 1.12. The standard InChI is InChI=1S/C55H33NO2S/c1-3-14-34(15-4-1)55(35-16-5-2-6-17-35)45-22-10-7-18-38(45)39-28-26-36(32-46(39)55)56(37-27-29-41-40-19-8-11-24-48(40)57-49(41)33-37)47-23-13-21-42-43-30-31-51-52(54(43)58-53(42)47)44-20-9-12-25-50(44)59-51/h1-33H. The van der Waals surface area contributed by atoms with E-state index in [4.69, 9.17) is 8.83 Å². The summed E-state index contributed by atoms with van der Waals surface area (Å²) in [5, 5.41) is 6.80. The zero-order valence-electron chi connectivity index (χ0n) is 31.7. The van der Waals surface area contributed by atoms with Crippen LogP contribution in [0.15, 0.2) is 209 Å². The van der Waals surface area contributed by atoms with Crippen LogP contribution in [0.25, 0.3) is 75.2 Å². The summed E-state index contributed by atoms with van der Waals surface area (Å²) in [6.07, 6.45) is 0. The van der Waals surface area contributed by atoms with Gasteiger partial charge in [0.25, 0.3) is 0 Å². The maximum atomic E-state index is 7.19. The number of para-hydroxylation sites is 2. The van der Waals surface area contributed by atoms with E-state index < -0.39 is 5.41 Å². The highest BCUT2D eigenvalue weighted by Gasteiger charge is 2.46.